The largest absolute Gasteiger partial charge is 0.330 e. The van der Waals surface area contributed by atoms with Gasteiger partial charge in [0.05, 0.1) is 6.54 Å². The minimum absolute atomic E-state index is 0.0616. The molecule has 0 saturated carbocycles. The van der Waals surface area contributed by atoms with Gasteiger partial charge in [-0.15, -0.1) is 0 Å². The average molecular weight is 290 g/mol. The maximum atomic E-state index is 12.1. The van der Waals surface area contributed by atoms with E-state index in [2.05, 4.69) is 22.0 Å². The number of nitrogens with two attached hydrogens (primary N) is 1. The highest BCUT2D eigenvalue weighted by molar-refractivity contribution is 5.92. The molecule has 0 radical (unpaired) electrons. The first-order chi connectivity index (χ1) is 10.2. The molecule has 0 aliphatic carbocycles. The second-order valence-electron chi connectivity index (χ2n) is 5.49. The maximum Gasteiger partial charge on any atom is 0.238 e. The van der Waals surface area contributed by atoms with Gasteiger partial charge < -0.3 is 16.0 Å². The van der Waals surface area contributed by atoms with Crippen molar-refractivity contribution in [3.05, 3.63) is 29.8 Å². The number of nitrogens with one attached hydrogen (secondary N) is 1. The summed E-state index contributed by atoms with van der Waals surface area (Å²) in [6.07, 6.45) is 0.871. The Morgan fingerprint density at radius 1 is 1.14 bits per heavy atom. The number of amides is 1. The second kappa shape index (κ2) is 8.12. The van der Waals surface area contributed by atoms with Crippen molar-refractivity contribution in [1.82, 2.24) is 9.80 Å². The van der Waals surface area contributed by atoms with Gasteiger partial charge >= 0.3 is 0 Å². The van der Waals surface area contributed by atoms with Crippen LogP contribution in [0.15, 0.2) is 24.3 Å². The van der Waals surface area contributed by atoms with E-state index < -0.39 is 0 Å². The van der Waals surface area contributed by atoms with Gasteiger partial charge in [0, 0.05) is 31.9 Å². The summed E-state index contributed by atoms with van der Waals surface area (Å²) in [6.45, 7) is 8.44. The fourth-order valence-corrected chi connectivity index (χ4v) is 2.59. The van der Waals surface area contributed by atoms with E-state index in [-0.39, 0.29) is 5.91 Å². The highest BCUT2D eigenvalue weighted by Gasteiger charge is 2.17. The Balaban J connectivity index is 1.76. The highest BCUT2D eigenvalue weighted by Crippen LogP contribution is 2.10. The molecule has 1 aliphatic rings. The zero-order chi connectivity index (χ0) is 15.1. The van der Waals surface area contributed by atoms with Crippen LogP contribution in [0.1, 0.15) is 12.5 Å². The van der Waals surface area contributed by atoms with Crippen LogP contribution >= 0.6 is 0 Å². The molecule has 0 spiro atoms. The van der Waals surface area contributed by atoms with Crippen molar-refractivity contribution < 1.29 is 4.79 Å². The molecule has 0 unspecified atom stereocenters. The van der Waals surface area contributed by atoms with Gasteiger partial charge in [-0.2, -0.15) is 0 Å². The van der Waals surface area contributed by atoms with E-state index in [1.165, 1.54) is 5.56 Å². The molecule has 116 valence electrons. The van der Waals surface area contributed by atoms with Crippen LogP contribution in [0.2, 0.25) is 0 Å². The number of anilines is 1. The lowest BCUT2D eigenvalue weighted by molar-refractivity contribution is -0.117. The number of nitrogens with zero attached hydrogens (tertiary/aromatic N) is 2. The van der Waals surface area contributed by atoms with Gasteiger partial charge in [-0.3, -0.25) is 9.69 Å². The van der Waals surface area contributed by atoms with Crippen molar-refractivity contribution in [2.45, 2.75) is 13.3 Å². The maximum absolute atomic E-state index is 12.1. The average Bonchev–Trinajstić information content (AvgIpc) is 2.50. The Hall–Kier alpha value is -1.43. The Bertz CT molecular complexity index is 438. The van der Waals surface area contributed by atoms with Gasteiger partial charge in [0.1, 0.15) is 0 Å². The Kier molecular flexibility index (Phi) is 6.17. The molecular weight excluding hydrogens is 264 g/mol. The van der Waals surface area contributed by atoms with E-state index in [0.717, 1.165) is 44.8 Å². The van der Waals surface area contributed by atoms with E-state index in [4.69, 9.17) is 5.73 Å². The van der Waals surface area contributed by atoms with Gasteiger partial charge in [-0.25, -0.2) is 0 Å². The SMILES string of the molecule is CCN1CCN(CC(=O)Nc2ccc(CCN)cc2)CC1. The molecule has 1 heterocycles. The lowest BCUT2D eigenvalue weighted by Gasteiger charge is -2.33. The minimum atomic E-state index is 0.0616. The fraction of sp³-hybridized carbons (Fsp3) is 0.562. The van der Waals surface area contributed by atoms with Crippen molar-refractivity contribution in [2.24, 2.45) is 5.73 Å². The van der Waals surface area contributed by atoms with Crippen LogP contribution in [0.4, 0.5) is 5.69 Å². The van der Waals surface area contributed by atoms with Crippen LogP contribution < -0.4 is 11.1 Å². The first kappa shape index (κ1) is 15.9. The van der Waals surface area contributed by atoms with Crippen molar-refractivity contribution >= 4 is 11.6 Å². The third-order valence-electron chi connectivity index (χ3n) is 3.95. The van der Waals surface area contributed by atoms with Crippen LogP contribution in [-0.2, 0) is 11.2 Å². The molecule has 21 heavy (non-hydrogen) atoms. The zero-order valence-electron chi connectivity index (χ0n) is 12.8. The molecule has 1 aromatic rings. The smallest absolute Gasteiger partial charge is 0.238 e. The predicted octanol–water partition coefficient (Wildman–Crippen LogP) is 0.764. The lowest BCUT2D eigenvalue weighted by Crippen LogP contribution is -2.48. The molecule has 0 aromatic heterocycles. The number of likely N-dealkylation sites (N-methyl/N-ethyl adjacent to an activating group) is 1. The Morgan fingerprint density at radius 2 is 1.76 bits per heavy atom. The summed E-state index contributed by atoms with van der Waals surface area (Å²) in [5.41, 5.74) is 7.58. The molecular formula is C16H26N4O. The number of piperazine rings is 1. The molecule has 5 heteroatoms. The molecule has 0 atom stereocenters. The molecule has 1 aromatic carbocycles. The summed E-state index contributed by atoms with van der Waals surface area (Å²) in [4.78, 5) is 16.7. The van der Waals surface area contributed by atoms with E-state index in [9.17, 15) is 4.79 Å². The third kappa shape index (κ3) is 5.12. The Labute approximate surface area is 127 Å². The number of rotatable bonds is 6. The van der Waals surface area contributed by atoms with Gasteiger partial charge in [-0.1, -0.05) is 19.1 Å². The lowest BCUT2D eigenvalue weighted by atomic mass is 10.1. The number of carbonyl (C=O) groups is 1. The number of hydrogen-bond donors (Lipinski definition) is 2. The summed E-state index contributed by atoms with van der Waals surface area (Å²) in [5.74, 6) is 0.0616. The quantitative estimate of drug-likeness (QED) is 0.812. The number of carbonyl (C=O) groups excluding carboxylic acids is 1. The summed E-state index contributed by atoms with van der Waals surface area (Å²) in [5, 5.41) is 2.96. The van der Waals surface area contributed by atoms with Crippen LogP contribution in [0.25, 0.3) is 0 Å². The van der Waals surface area contributed by atoms with Gasteiger partial charge in [-0.05, 0) is 37.2 Å². The van der Waals surface area contributed by atoms with E-state index >= 15 is 0 Å². The summed E-state index contributed by atoms with van der Waals surface area (Å²) in [7, 11) is 0. The number of hydrogen-bond acceptors (Lipinski definition) is 4. The van der Waals surface area contributed by atoms with Crippen LogP contribution in [0.3, 0.4) is 0 Å². The normalized spacial score (nSPS) is 16.9. The zero-order valence-corrected chi connectivity index (χ0v) is 12.8. The topological polar surface area (TPSA) is 61.6 Å². The standard InChI is InChI=1S/C16H26N4O/c1-2-19-9-11-20(12-10-19)13-16(21)18-15-5-3-14(4-6-15)7-8-17/h3-6H,2,7-13,17H2,1H3,(H,18,21). The van der Waals surface area contributed by atoms with Gasteiger partial charge in [0.15, 0.2) is 0 Å². The van der Waals surface area contributed by atoms with Crippen molar-refractivity contribution in [2.75, 3.05) is 51.1 Å². The first-order valence-corrected chi connectivity index (χ1v) is 7.75. The van der Waals surface area contributed by atoms with E-state index in [1.807, 2.05) is 24.3 Å². The van der Waals surface area contributed by atoms with Crippen molar-refractivity contribution in [1.29, 1.82) is 0 Å². The first-order valence-electron chi connectivity index (χ1n) is 7.75. The van der Waals surface area contributed by atoms with E-state index in [1.54, 1.807) is 0 Å². The summed E-state index contributed by atoms with van der Waals surface area (Å²) < 4.78 is 0. The number of benzene rings is 1. The second-order valence-corrected chi connectivity index (χ2v) is 5.49. The molecule has 3 N–H and O–H groups in total. The van der Waals surface area contributed by atoms with Gasteiger partial charge in [0.25, 0.3) is 0 Å². The van der Waals surface area contributed by atoms with E-state index in [0.29, 0.717) is 13.1 Å². The molecule has 1 amide bonds. The Morgan fingerprint density at radius 3 is 2.33 bits per heavy atom. The molecule has 5 nitrogen and oxygen atoms in total. The predicted molar refractivity (Wildman–Crippen MR) is 86.4 cm³/mol. The molecule has 1 aliphatic heterocycles. The minimum Gasteiger partial charge on any atom is -0.330 e. The van der Waals surface area contributed by atoms with Crippen molar-refractivity contribution in [3.8, 4) is 0 Å². The fourth-order valence-electron chi connectivity index (χ4n) is 2.59. The monoisotopic (exact) mass is 290 g/mol. The molecule has 0 bridgehead atoms. The molecule has 1 saturated heterocycles. The van der Waals surface area contributed by atoms with Gasteiger partial charge in [0.2, 0.25) is 5.91 Å². The van der Waals surface area contributed by atoms with Crippen molar-refractivity contribution in [3.63, 3.8) is 0 Å². The summed E-state index contributed by atoms with van der Waals surface area (Å²) >= 11 is 0. The highest BCUT2D eigenvalue weighted by atomic mass is 16.2. The summed E-state index contributed by atoms with van der Waals surface area (Å²) in [6, 6.07) is 7.92. The third-order valence-corrected chi connectivity index (χ3v) is 3.95. The van der Waals surface area contributed by atoms with Crippen LogP contribution in [0.5, 0.6) is 0 Å². The molecule has 2 rings (SSSR count). The van der Waals surface area contributed by atoms with Crippen LogP contribution in [0, 0.1) is 0 Å². The van der Waals surface area contributed by atoms with Crippen LogP contribution in [-0.4, -0.2) is 61.5 Å². The molecule has 1 fully saturated rings.